The van der Waals surface area contributed by atoms with Crippen molar-refractivity contribution >= 4 is 11.8 Å². The van der Waals surface area contributed by atoms with Crippen LogP contribution in [0.4, 0.5) is 0 Å². The van der Waals surface area contributed by atoms with E-state index in [9.17, 15) is 9.59 Å². The summed E-state index contributed by atoms with van der Waals surface area (Å²) in [4.78, 5) is 25.8. The Hall–Kier alpha value is -2.08. The minimum absolute atomic E-state index is 0.0608. The topological polar surface area (TPSA) is 37.4 Å². The number of aryl methyl sites for hydroxylation is 1. The second kappa shape index (κ2) is 4.89. The minimum Gasteiger partial charge on any atom is -0.274 e. The second-order valence-electron chi connectivity index (χ2n) is 4.97. The number of benzene rings is 1. The maximum Gasteiger partial charge on any atom is 0.241 e. The van der Waals surface area contributed by atoms with Crippen LogP contribution in [0.2, 0.25) is 0 Å². The quantitative estimate of drug-likeness (QED) is 0.612. The lowest BCUT2D eigenvalue weighted by atomic mass is 9.76. The first-order valence-electron chi connectivity index (χ1n) is 6.40. The van der Waals surface area contributed by atoms with Crippen LogP contribution in [-0.4, -0.2) is 23.3 Å². The standard InChI is InChI=1S/C16H17NO2/c1-4-10-17-14(18)11-16(5-2,15(17)19)13-8-6-12(3)7-9-13/h1,6-9H,5,10-11H2,2-3H3/t16-/m0/s1. The molecule has 19 heavy (non-hydrogen) atoms. The van der Waals surface area contributed by atoms with Gasteiger partial charge in [-0.05, 0) is 18.9 Å². The molecule has 98 valence electrons. The van der Waals surface area contributed by atoms with Gasteiger partial charge < -0.3 is 0 Å². The van der Waals surface area contributed by atoms with Crippen LogP contribution in [0.15, 0.2) is 24.3 Å². The molecular weight excluding hydrogens is 238 g/mol. The normalized spacial score (nSPS) is 22.7. The highest BCUT2D eigenvalue weighted by atomic mass is 16.2. The van der Waals surface area contributed by atoms with E-state index in [1.807, 2.05) is 38.1 Å². The monoisotopic (exact) mass is 255 g/mol. The summed E-state index contributed by atoms with van der Waals surface area (Å²) < 4.78 is 0. The van der Waals surface area contributed by atoms with Gasteiger partial charge in [0.15, 0.2) is 0 Å². The number of carbonyl (C=O) groups is 2. The predicted molar refractivity (Wildman–Crippen MR) is 73.3 cm³/mol. The average Bonchev–Trinajstić information content (AvgIpc) is 2.65. The Labute approximate surface area is 113 Å². The summed E-state index contributed by atoms with van der Waals surface area (Å²) in [6.45, 7) is 3.99. The van der Waals surface area contributed by atoms with Gasteiger partial charge in [0.2, 0.25) is 11.8 Å². The van der Waals surface area contributed by atoms with Crippen LogP contribution in [0.25, 0.3) is 0 Å². The molecule has 1 aliphatic heterocycles. The maximum absolute atomic E-state index is 12.6. The Balaban J connectivity index is 2.45. The number of nitrogens with zero attached hydrogens (tertiary/aromatic N) is 1. The van der Waals surface area contributed by atoms with Gasteiger partial charge in [0, 0.05) is 6.42 Å². The molecular formula is C16H17NO2. The van der Waals surface area contributed by atoms with E-state index in [0.29, 0.717) is 6.42 Å². The average molecular weight is 255 g/mol. The number of rotatable bonds is 3. The predicted octanol–water partition coefficient (Wildman–Crippen LogP) is 2.03. The first-order valence-corrected chi connectivity index (χ1v) is 6.40. The highest BCUT2D eigenvalue weighted by Crippen LogP contribution is 2.39. The van der Waals surface area contributed by atoms with Crippen molar-refractivity contribution in [1.82, 2.24) is 4.90 Å². The van der Waals surface area contributed by atoms with E-state index in [0.717, 1.165) is 11.1 Å². The summed E-state index contributed by atoms with van der Waals surface area (Å²) >= 11 is 0. The van der Waals surface area contributed by atoms with E-state index in [1.54, 1.807) is 0 Å². The summed E-state index contributed by atoms with van der Waals surface area (Å²) in [7, 11) is 0. The van der Waals surface area contributed by atoms with Gasteiger partial charge in [-0.1, -0.05) is 42.7 Å². The molecule has 0 aliphatic carbocycles. The molecule has 1 heterocycles. The molecule has 2 amide bonds. The summed E-state index contributed by atoms with van der Waals surface area (Å²) in [6.07, 6.45) is 6.04. The summed E-state index contributed by atoms with van der Waals surface area (Å²) in [5.41, 5.74) is 1.30. The van der Waals surface area contributed by atoms with Crippen LogP contribution in [0.1, 0.15) is 30.9 Å². The van der Waals surface area contributed by atoms with Crippen LogP contribution in [0.3, 0.4) is 0 Å². The first kappa shape index (κ1) is 13.4. The number of hydrogen-bond donors (Lipinski definition) is 0. The van der Waals surface area contributed by atoms with Gasteiger partial charge in [-0.3, -0.25) is 14.5 Å². The SMILES string of the molecule is C#CCN1C(=O)C[C@@](CC)(c2ccc(C)cc2)C1=O. The zero-order chi connectivity index (χ0) is 14.0. The van der Waals surface area contributed by atoms with Crippen LogP contribution in [-0.2, 0) is 15.0 Å². The number of likely N-dealkylation sites (tertiary alicyclic amines) is 1. The molecule has 1 fully saturated rings. The molecule has 1 aliphatic rings. The van der Waals surface area contributed by atoms with E-state index >= 15 is 0 Å². The second-order valence-corrected chi connectivity index (χ2v) is 4.97. The molecule has 0 saturated carbocycles. The van der Waals surface area contributed by atoms with Crippen LogP contribution >= 0.6 is 0 Å². The fourth-order valence-electron chi connectivity index (χ4n) is 2.63. The number of terminal acetylenes is 1. The van der Waals surface area contributed by atoms with Crippen molar-refractivity contribution in [2.45, 2.75) is 32.1 Å². The summed E-state index contributed by atoms with van der Waals surface area (Å²) in [5.74, 6) is 2.04. The van der Waals surface area contributed by atoms with Gasteiger partial charge in [-0.2, -0.15) is 0 Å². The molecule has 0 radical (unpaired) electrons. The Bertz CT molecular complexity index is 553. The van der Waals surface area contributed by atoms with Crippen molar-refractivity contribution in [3.63, 3.8) is 0 Å². The number of carbonyl (C=O) groups excluding carboxylic acids is 2. The van der Waals surface area contributed by atoms with Crippen molar-refractivity contribution < 1.29 is 9.59 Å². The molecule has 3 heteroatoms. The molecule has 0 bridgehead atoms. The van der Waals surface area contributed by atoms with E-state index in [2.05, 4.69) is 5.92 Å². The molecule has 1 saturated heterocycles. The number of imide groups is 1. The third-order valence-electron chi connectivity index (χ3n) is 3.87. The van der Waals surface area contributed by atoms with Gasteiger partial charge in [0.25, 0.3) is 0 Å². The fraction of sp³-hybridized carbons (Fsp3) is 0.375. The van der Waals surface area contributed by atoms with E-state index in [1.165, 1.54) is 4.90 Å². The van der Waals surface area contributed by atoms with Gasteiger partial charge in [0.05, 0.1) is 12.0 Å². The van der Waals surface area contributed by atoms with Crippen LogP contribution in [0.5, 0.6) is 0 Å². The lowest BCUT2D eigenvalue weighted by Crippen LogP contribution is -2.38. The van der Waals surface area contributed by atoms with Crippen LogP contribution in [0, 0.1) is 19.3 Å². The zero-order valence-corrected chi connectivity index (χ0v) is 11.3. The van der Waals surface area contributed by atoms with Gasteiger partial charge in [-0.25, -0.2) is 0 Å². The number of hydrogen-bond acceptors (Lipinski definition) is 2. The van der Waals surface area contributed by atoms with Crippen molar-refractivity contribution in [3.05, 3.63) is 35.4 Å². The van der Waals surface area contributed by atoms with E-state index in [-0.39, 0.29) is 24.8 Å². The smallest absolute Gasteiger partial charge is 0.241 e. The molecule has 0 unspecified atom stereocenters. The minimum atomic E-state index is -0.734. The van der Waals surface area contributed by atoms with Crippen molar-refractivity contribution in [2.75, 3.05) is 6.54 Å². The third-order valence-corrected chi connectivity index (χ3v) is 3.87. The Morgan fingerprint density at radius 2 is 1.95 bits per heavy atom. The Morgan fingerprint density at radius 3 is 2.47 bits per heavy atom. The molecule has 1 atom stereocenters. The third kappa shape index (κ3) is 2.04. The summed E-state index contributed by atoms with van der Waals surface area (Å²) in [6, 6.07) is 7.80. The van der Waals surface area contributed by atoms with Crippen molar-refractivity contribution in [3.8, 4) is 12.3 Å². The van der Waals surface area contributed by atoms with Crippen molar-refractivity contribution in [2.24, 2.45) is 0 Å². The van der Waals surface area contributed by atoms with E-state index in [4.69, 9.17) is 6.42 Å². The highest BCUT2D eigenvalue weighted by Gasteiger charge is 2.51. The Morgan fingerprint density at radius 1 is 1.32 bits per heavy atom. The molecule has 0 spiro atoms. The largest absolute Gasteiger partial charge is 0.274 e. The first-order chi connectivity index (χ1) is 9.05. The van der Waals surface area contributed by atoms with Crippen molar-refractivity contribution in [1.29, 1.82) is 0 Å². The molecule has 1 aromatic carbocycles. The highest BCUT2D eigenvalue weighted by molar-refractivity contribution is 6.09. The lowest BCUT2D eigenvalue weighted by Gasteiger charge is -2.25. The number of amides is 2. The molecule has 0 N–H and O–H groups in total. The van der Waals surface area contributed by atoms with Gasteiger partial charge in [-0.15, -0.1) is 6.42 Å². The van der Waals surface area contributed by atoms with Crippen LogP contribution < -0.4 is 0 Å². The Kier molecular flexibility index (Phi) is 3.44. The fourth-order valence-corrected chi connectivity index (χ4v) is 2.63. The molecule has 0 aromatic heterocycles. The summed E-state index contributed by atoms with van der Waals surface area (Å²) in [5, 5.41) is 0. The lowest BCUT2D eigenvalue weighted by molar-refractivity contribution is -0.139. The molecule has 2 rings (SSSR count). The van der Waals surface area contributed by atoms with E-state index < -0.39 is 5.41 Å². The zero-order valence-electron chi connectivity index (χ0n) is 11.3. The van der Waals surface area contributed by atoms with Gasteiger partial charge >= 0.3 is 0 Å². The maximum atomic E-state index is 12.6. The van der Waals surface area contributed by atoms with Gasteiger partial charge in [0.1, 0.15) is 0 Å². The molecule has 1 aromatic rings. The molecule has 3 nitrogen and oxygen atoms in total.